The minimum Gasteiger partial charge on any atom is -0.477 e. The van der Waals surface area contributed by atoms with Gasteiger partial charge in [-0.1, -0.05) is 23.7 Å². The van der Waals surface area contributed by atoms with Gasteiger partial charge in [0.25, 0.3) is 0 Å². The lowest BCUT2D eigenvalue weighted by molar-refractivity contribution is -0.116. The first-order chi connectivity index (χ1) is 12.8. The van der Waals surface area contributed by atoms with Crippen LogP contribution in [0.1, 0.15) is 27.4 Å². The van der Waals surface area contributed by atoms with Gasteiger partial charge >= 0.3 is 5.97 Å². The average Bonchev–Trinajstić information content (AvgIpc) is 3.17. The summed E-state index contributed by atoms with van der Waals surface area (Å²) >= 11 is 5.91. The second kappa shape index (κ2) is 7.63. The molecular weight excluding hydrogens is 370 g/mol. The van der Waals surface area contributed by atoms with E-state index in [1.54, 1.807) is 11.6 Å². The zero-order chi connectivity index (χ0) is 19.6. The van der Waals surface area contributed by atoms with Crippen molar-refractivity contribution in [3.05, 3.63) is 64.2 Å². The number of carboxylic acids is 1. The van der Waals surface area contributed by atoms with Crippen LogP contribution >= 0.6 is 11.6 Å². The monoisotopic (exact) mass is 387 g/mol. The fourth-order valence-electron chi connectivity index (χ4n) is 2.75. The van der Waals surface area contributed by atoms with Crippen LogP contribution in [0.25, 0.3) is 0 Å². The molecule has 140 valence electrons. The van der Waals surface area contributed by atoms with Crippen molar-refractivity contribution in [3.63, 3.8) is 0 Å². The van der Waals surface area contributed by atoms with Crippen LogP contribution in [0.15, 0.2) is 36.5 Å². The van der Waals surface area contributed by atoms with E-state index in [0.717, 1.165) is 15.9 Å². The fraction of sp³-hybridized carbons (Fsp3) is 0.222. The molecule has 0 atom stereocenters. The summed E-state index contributed by atoms with van der Waals surface area (Å²) in [6.07, 6.45) is 1.34. The molecule has 3 aromatic rings. The van der Waals surface area contributed by atoms with E-state index in [9.17, 15) is 9.59 Å². The van der Waals surface area contributed by atoms with Gasteiger partial charge in [-0.3, -0.25) is 9.48 Å². The standard InChI is InChI=1S/C18H18ClN5O3/c1-11-17(21-16(25)10-24-15(18(26)27)7-8-20-24)12(2)23(22-11)9-13-3-5-14(19)6-4-13/h3-8H,9-10H2,1-2H3,(H,21,25)(H,26,27). The zero-order valence-corrected chi connectivity index (χ0v) is 15.6. The molecule has 0 bridgehead atoms. The minimum absolute atomic E-state index is 0.0444. The van der Waals surface area contributed by atoms with Gasteiger partial charge < -0.3 is 10.4 Å². The number of nitrogens with zero attached hydrogens (tertiary/aromatic N) is 4. The first kappa shape index (κ1) is 18.7. The van der Waals surface area contributed by atoms with Crippen molar-refractivity contribution >= 4 is 29.2 Å². The highest BCUT2D eigenvalue weighted by Crippen LogP contribution is 2.21. The van der Waals surface area contributed by atoms with Crippen molar-refractivity contribution in [2.45, 2.75) is 26.9 Å². The quantitative estimate of drug-likeness (QED) is 0.677. The van der Waals surface area contributed by atoms with Crippen LogP contribution in [0.4, 0.5) is 5.69 Å². The van der Waals surface area contributed by atoms with Crippen molar-refractivity contribution in [2.24, 2.45) is 0 Å². The highest BCUT2D eigenvalue weighted by atomic mass is 35.5. The summed E-state index contributed by atoms with van der Waals surface area (Å²) in [7, 11) is 0. The predicted molar refractivity (Wildman–Crippen MR) is 100 cm³/mol. The molecule has 9 heteroatoms. The van der Waals surface area contributed by atoms with Crippen molar-refractivity contribution in [1.82, 2.24) is 19.6 Å². The number of benzene rings is 1. The van der Waals surface area contributed by atoms with Crippen molar-refractivity contribution < 1.29 is 14.7 Å². The van der Waals surface area contributed by atoms with Crippen LogP contribution in [-0.4, -0.2) is 36.5 Å². The Balaban J connectivity index is 1.74. The van der Waals surface area contributed by atoms with E-state index in [1.165, 1.54) is 12.3 Å². The van der Waals surface area contributed by atoms with Crippen LogP contribution < -0.4 is 5.32 Å². The van der Waals surface area contributed by atoms with Gasteiger partial charge in [0.2, 0.25) is 5.91 Å². The lowest BCUT2D eigenvalue weighted by atomic mass is 10.2. The molecule has 0 spiro atoms. The van der Waals surface area contributed by atoms with Crippen molar-refractivity contribution in [3.8, 4) is 0 Å². The molecule has 0 saturated carbocycles. The van der Waals surface area contributed by atoms with Gasteiger partial charge in [-0.2, -0.15) is 10.2 Å². The normalized spacial score (nSPS) is 10.8. The Hall–Kier alpha value is -3.13. The maximum absolute atomic E-state index is 12.3. The summed E-state index contributed by atoms with van der Waals surface area (Å²) in [6.45, 7) is 4.01. The number of carbonyl (C=O) groups is 2. The Kier molecular flexibility index (Phi) is 5.27. The number of amides is 1. The first-order valence-corrected chi connectivity index (χ1v) is 8.56. The molecule has 0 aliphatic rings. The number of carboxylic acid groups (broad SMARTS) is 1. The number of rotatable bonds is 6. The molecule has 3 rings (SSSR count). The molecule has 0 radical (unpaired) electrons. The molecule has 0 aliphatic carbocycles. The highest BCUT2D eigenvalue weighted by molar-refractivity contribution is 6.30. The third-order valence-electron chi connectivity index (χ3n) is 4.12. The van der Waals surface area contributed by atoms with E-state index < -0.39 is 5.97 Å². The lowest BCUT2D eigenvalue weighted by Crippen LogP contribution is -2.22. The molecule has 0 saturated heterocycles. The second-order valence-corrected chi connectivity index (χ2v) is 6.49. The minimum atomic E-state index is -1.14. The van der Waals surface area contributed by atoms with Gasteiger partial charge in [-0.05, 0) is 37.6 Å². The van der Waals surface area contributed by atoms with Gasteiger partial charge in [-0.15, -0.1) is 0 Å². The number of aromatic carboxylic acids is 1. The predicted octanol–water partition coefficient (Wildman–Crippen LogP) is 2.74. The van der Waals surface area contributed by atoms with Gasteiger partial charge in [0.15, 0.2) is 0 Å². The number of anilines is 1. The molecule has 27 heavy (non-hydrogen) atoms. The maximum atomic E-state index is 12.3. The molecule has 0 fully saturated rings. The molecule has 2 aromatic heterocycles. The van der Waals surface area contributed by atoms with E-state index in [-0.39, 0.29) is 18.1 Å². The van der Waals surface area contributed by atoms with Crippen LogP contribution in [0, 0.1) is 13.8 Å². The summed E-state index contributed by atoms with van der Waals surface area (Å²) in [4.78, 5) is 23.5. The lowest BCUT2D eigenvalue weighted by Gasteiger charge is -2.08. The number of carbonyl (C=O) groups excluding carboxylic acids is 1. The molecule has 1 aromatic carbocycles. The van der Waals surface area contributed by atoms with E-state index in [4.69, 9.17) is 16.7 Å². The summed E-state index contributed by atoms with van der Waals surface area (Å²) in [6, 6.07) is 8.81. The maximum Gasteiger partial charge on any atom is 0.354 e. The Labute approximate surface area is 160 Å². The number of hydrogen-bond acceptors (Lipinski definition) is 4. The van der Waals surface area contributed by atoms with Crippen molar-refractivity contribution in [2.75, 3.05) is 5.32 Å². The van der Waals surface area contributed by atoms with Gasteiger partial charge in [0.1, 0.15) is 12.2 Å². The molecule has 1 amide bonds. The van der Waals surface area contributed by atoms with Crippen LogP contribution in [0.3, 0.4) is 0 Å². The summed E-state index contributed by atoms with van der Waals surface area (Å²) in [5.41, 5.74) is 3.07. The summed E-state index contributed by atoms with van der Waals surface area (Å²) in [5.74, 6) is -1.51. The first-order valence-electron chi connectivity index (χ1n) is 8.18. The van der Waals surface area contributed by atoms with Gasteiger partial charge in [0.05, 0.1) is 23.6 Å². The topological polar surface area (TPSA) is 102 Å². The fourth-order valence-corrected chi connectivity index (χ4v) is 2.88. The van der Waals surface area contributed by atoms with E-state index in [0.29, 0.717) is 22.9 Å². The van der Waals surface area contributed by atoms with E-state index >= 15 is 0 Å². The number of aryl methyl sites for hydroxylation is 1. The summed E-state index contributed by atoms with van der Waals surface area (Å²) in [5, 5.41) is 20.9. The number of hydrogen-bond donors (Lipinski definition) is 2. The molecular formula is C18H18ClN5O3. The SMILES string of the molecule is Cc1nn(Cc2ccc(Cl)cc2)c(C)c1NC(=O)Cn1nccc1C(=O)O. The van der Waals surface area contributed by atoms with Gasteiger partial charge in [0, 0.05) is 11.2 Å². The number of halogens is 1. The number of aromatic nitrogens is 4. The Bertz CT molecular complexity index is 991. The van der Waals surface area contributed by atoms with Crippen LogP contribution in [-0.2, 0) is 17.9 Å². The Morgan fingerprint density at radius 1 is 1.15 bits per heavy atom. The van der Waals surface area contributed by atoms with Crippen LogP contribution in [0.2, 0.25) is 5.02 Å². The third kappa shape index (κ3) is 4.17. The molecule has 0 aliphatic heterocycles. The van der Waals surface area contributed by atoms with E-state index in [1.807, 2.05) is 31.2 Å². The van der Waals surface area contributed by atoms with Gasteiger partial charge in [-0.25, -0.2) is 9.48 Å². The summed E-state index contributed by atoms with van der Waals surface area (Å²) < 4.78 is 2.94. The smallest absolute Gasteiger partial charge is 0.354 e. The van der Waals surface area contributed by atoms with Crippen molar-refractivity contribution in [1.29, 1.82) is 0 Å². The third-order valence-corrected chi connectivity index (χ3v) is 4.37. The second-order valence-electron chi connectivity index (χ2n) is 6.06. The Morgan fingerprint density at radius 3 is 2.52 bits per heavy atom. The molecule has 2 N–H and O–H groups in total. The van der Waals surface area contributed by atoms with Crippen LogP contribution in [0.5, 0.6) is 0 Å². The molecule has 2 heterocycles. The zero-order valence-electron chi connectivity index (χ0n) is 14.8. The van der Waals surface area contributed by atoms with E-state index in [2.05, 4.69) is 15.5 Å². The molecule has 0 unspecified atom stereocenters. The Morgan fingerprint density at radius 2 is 1.85 bits per heavy atom. The average molecular weight is 388 g/mol. The highest BCUT2D eigenvalue weighted by Gasteiger charge is 2.17. The largest absolute Gasteiger partial charge is 0.477 e. The molecule has 8 nitrogen and oxygen atoms in total. The number of nitrogens with one attached hydrogen (secondary N) is 1.